The van der Waals surface area contributed by atoms with Crippen LogP contribution in [0.4, 0.5) is 0 Å². The molecular weight excluding hydrogens is 508 g/mol. The highest BCUT2D eigenvalue weighted by atomic mass is 79.9. The number of aromatic hydroxyl groups is 1. The third-order valence-electron chi connectivity index (χ3n) is 6.42. The van der Waals surface area contributed by atoms with Crippen LogP contribution in [0.3, 0.4) is 0 Å². The van der Waals surface area contributed by atoms with Gasteiger partial charge in [0.05, 0.1) is 5.56 Å². The first-order valence-corrected chi connectivity index (χ1v) is 12.7. The summed E-state index contributed by atoms with van der Waals surface area (Å²) in [5, 5.41) is 10.7. The molecule has 1 aliphatic rings. The Morgan fingerprint density at radius 2 is 1.83 bits per heavy atom. The highest BCUT2D eigenvalue weighted by molar-refractivity contribution is 9.10. The fraction of sp³-hybridized carbons (Fsp3) is 0.286. The molecule has 1 aliphatic heterocycles. The first-order chi connectivity index (χ1) is 17.1. The summed E-state index contributed by atoms with van der Waals surface area (Å²) in [6.07, 6.45) is 7.73. The lowest BCUT2D eigenvalue weighted by Crippen LogP contribution is -2.33. The molecule has 7 heteroatoms. The average Bonchev–Trinajstić information content (AvgIpc) is 2.85. The second-order valence-electron chi connectivity index (χ2n) is 8.89. The lowest BCUT2D eigenvalue weighted by atomic mass is 9.94. The Morgan fingerprint density at radius 1 is 1.03 bits per heavy atom. The van der Waals surface area contributed by atoms with Crippen molar-refractivity contribution < 1.29 is 14.3 Å². The number of halogens is 1. The van der Waals surface area contributed by atoms with E-state index < -0.39 is 5.63 Å². The predicted molar refractivity (Wildman–Crippen MR) is 140 cm³/mol. The normalized spacial score (nSPS) is 14.3. The largest absolute Gasteiger partial charge is 0.508 e. The van der Waals surface area contributed by atoms with Gasteiger partial charge in [0, 0.05) is 40.4 Å². The number of rotatable bonds is 7. The van der Waals surface area contributed by atoms with Crippen molar-refractivity contribution in [1.29, 1.82) is 0 Å². The standard InChI is InChI=1S/C28H27BrN2O4/c29-21-15-20(17-30-18-21)27-25(24-9-6-22(32)16-26(24)35-28(27)33)14-19-4-7-23(8-5-19)34-13-12-31-10-2-1-3-11-31/h4-9,15-18,32H,1-3,10-14H2. The molecule has 180 valence electrons. The van der Waals surface area contributed by atoms with Crippen molar-refractivity contribution in [3.8, 4) is 22.6 Å². The Kier molecular flexibility index (Phi) is 7.16. The Balaban J connectivity index is 1.41. The number of aromatic nitrogens is 1. The number of hydrogen-bond donors (Lipinski definition) is 1. The van der Waals surface area contributed by atoms with Crippen molar-refractivity contribution in [3.05, 3.63) is 86.9 Å². The van der Waals surface area contributed by atoms with E-state index in [-0.39, 0.29) is 5.75 Å². The van der Waals surface area contributed by atoms with Crippen LogP contribution in [-0.2, 0) is 6.42 Å². The SMILES string of the molecule is O=c1oc2cc(O)ccc2c(Cc2ccc(OCCN3CCCCC3)cc2)c1-c1cncc(Br)c1. The van der Waals surface area contributed by atoms with Gasteiger partial charge in [-0.25, -0.2) is 4.79 Å². The Bertz CT molecular complexity index is 1380. The maximum atomic E-state index is 13.1. The van der Waals surface area contributed by atoms with Crippen molar-refractivity contribution in [2.75, 3.05) is 26.2 Å². The summed E-state index contributed by atoms with van der Waals surface area (Å²) < 4.78 is 12.3. The number of fused-ring (bicyclic) bond motifs is 1. The van der Waals surface area contributed by atoms with Crippen molar-refractivity contribution in [1.82, 2.24) is 9.88 Å². The van der Waals surface area contributed by atoms with Gasteiger partial charge in [-0.05, 0) is 89.7 Å². The molecule has 1 N–H and O–H groups in total. The van der Waals surface area contributed by atoms with Gasteiger partial charge in [0.1, 0.15) is 23.7 Å². The lowest BCUT2D eigenvalue weighted by molar-refractivity contribution is 0.183. The summed E-state index contributed by atoms with van der Waals surface area (Å²) in [5.41, 5.74) is 2.91. The van der Waals surface area contributed by atoms with Crippen LogP contribution in [-0.4, -0.2) is 41.2 Å². The van der Waals surface area contributed by atoms with Gasteiger partial charge in [0.15, 0.2) is 0 Å². The van der Waals surface area contributed by atoms with Gasteiger partial charge in [0.2, 0.25) is 0 Å². The number of phenolic OH excluding ortho intramolecular Hbond substituents is 1. The summed E-state index contributed by atoms with van der Waals surface area (Å²) in [4.78, 5) is 19.7. The van der Waals surface area contributed by atoms with Gasteiger partial charge in [0.25, 0.3) is 0 Å². The van der Waals surface area contributed by atoms with Crippen LogP contribution in [0.25, 0.3) is 22.1 Å². The Hall–Kier alpha value is -3.16. The monoisotopic (exact) mass is 534 g/mol. The minimum atomic E-state index is -0.462. The first-order valence-electron chi connectivity index (χ1n) is 11.9. The fourth-order valence-electron chi connectivity index (χ4n) is 4.66. The molecule has 0 spiro atoms. The second kappa shape index (κ2) is 10.6. The minimum absolute atomic E-state index is 0.0505. The van der Waals surface area contributed by atoms with Gasteiger partial charge in [-0.1, -0.05) is 18.6 Å². The van der Waals surface area contributed by atoms with E-state index in [0.717, 1.165) is 46.4 Å². The predicted octanol–water partition coefficient (Wildman–Crippen LogP) is 5.78. The Morgan fingerprint density at radius 3 is 2.60 bits per heavy atom. The quantitative estimate of drug-likeness (QED) is 0.303. The fourth-order valence-corrected chi connectivity index (χ4v) is 5.03. The smallest absolute Gasteiger partial charge is 0.344 e. The van der Waals surface area contributed by atoms with Gasteiger partial charge in [-0.2, -0.15) is 0 Å². The maximum Gasteiger partial charge on any atom is 0.344 e. The van der Waals surface area contributed by atoms with Crippen LogP contribution in [0.5, 0.6) is 11.5 Å². The molecule has 0 unspecified atom stereocenters. The number of hydrogen-bond acceptors (Lipinski definition) is 6. The summed E-state index contributed by atoms with van der Waals surface area (Å²) in [5.74, 6) is 0.888. The number of likely N-dealkylation sites (tertiary alicyclic amines) is 1. The summed E-state index contributed by atoms with van der Waals surface area (Å²) >= 11 is 3.44. The molecule has 2 aromatic heterocycles. The van der Waals surface area contributed by atoms with Gasteiger partial charge >= 0.3 is 5.63 Å². The van der Waals surface area contributed by atoms with E-state index in [0.29, 0.717) is 29.7 Å². The highest BCUT2D eigenvalue weighted by Crippen LogP contribution is 2.32. The van der Waals surface area contributed by atoms with Crippen LogP contribution < -0.4 is 10.4 Å². The van der Waals surface area contributed by atoms with Crippen molar-refractivity contribution in [2.45, 2.75) is 25.7 Å². The molecule has 1 saturated heterocycles. The number of benzene rings is 2. The number of pyridine rings is 1. The number of nitrogens with zero attached hydrogens (tertiary/aromatic N) is 2. The van der Waals surface area contributed by atoms with Crippen molar-refractivity contribution in [3.63, 3.8) is 0 Å². The van der Waals surface area contributed by atoms with E-state index in [1.54, 1.807) is 24.5 Å². The number of piperidine rings is 1. The zero-order valence-corrected chi connectivity index (χ0v) is 21.0. The molecule has 0 radical (unpaired) electrons. The molecule has 0 aliphatic carbocycles. The van der Waals surface area contributed by atoms with Crippen LogP contribution in [0, 0.1) is 0 Å². The van der Waals surface area contributed by atoms with Gasteiger partial charge < -0.3 is 14.3 Å². The van der Waals surface area contributed by atoms with E-state index in [1.165, 1.54) is 25.3 Å². The molecule has 4 aromatic rings. The molecule has 35 heavy (non-hydrogen) atoms. The molecule has 1 fully saturated rings. The van der Waals surface area contributed by atoms with Crippen LogP contribution in [0.2, 0.25) is 0 Å². The number of ether oxygens (including phenoxy) is 1. The minimum Gasteiger partial charge on any atom is -0.508 e. The zero-order chi connectivity index (χ0) is 24.2. The Labute approximate surface area is 212 Å². The van der Waals surface area contributed by atoms with Crippen LogP contribution in [0.15, 0.2) is 74.6 Å². The molecule has 3 heterocycles. The van der Waals surface area contributed by atoms with Crippen molar-refractivity contribution >= 4 is 26.9 Å². The van der Waals surface area contributed by atoms with E-state index in [1.807, 2.05) is 30.3 Å². The molecule has 0 bridgehead atoms. The highest BCUT2D eigenvalue weighted by Gasteiger charge is 2.18. The third-order valence-corrected chi connectivity index (χ3v) is 6.86. The first kappa shape index (κ1) is 23.6. The summed E-state index contributed by atoms with van der Waals surface area (Å²) in [7, 11) is 0. The van der Waals surface area contributed by atoms with Gasteiger partial charge in [-0.3, -0.25) is 9.88 Å². The van der Waals surface area contributed by atoms with E-state index >= 15 is 0 Å². The zero-order valence-electron chi connectivity index (χ0n) is 19.4. The van der Waals surface area contributed by atoms with Crippen LogP contribution in [0.1, 0.15) is 30.4 Å². The topological polar surface area (TPSA) is 75.8 Å². The van der Waals surface area contributed by atoms with E-state index in [4.69, 9.17) is 9.15 Å². The van der Waals surface area contributed by atoms with Crippen molar-refractivity contribution in [2.24, 2.45) is 0 Å². The van der Waals surface area contributed by atoms with E-state index in [9.17, 15) is 9.90 Å². The maximum absolute atomic E-state index is 13.1. The summed E-state index contributed by atoms with van der Waals surface area (Å²) in [6.45, 7) is 3.95. The van der Waals surface area contributed by atoms with E-state index in [2.05, 4.69) is 25.8 Å². The van der Waals surface area contributed by atoms with Crippen LogP contribution >= 0.6 is 15.9 Å². The molecule has 2 aromatic carbocycles. The average molecular weight is 535 g/mol. The molecule has 5 rings (SSSR count). The molecule has 0 amide bonds. The second-order valence-corrected chi connectivity index (χ2v) is 9.80. The van der Waals surface area contributed by atoms with Gasteiger partial charge in [-0.15, -0.1) is 0 Å². The molecule has 0 atom stereocenters. The molecule has 0 saturated carbocycles. The lowest BCUT2D eigenvalue weighted by Gasteiger charge is -2.26. The molecule has 6 nitrogen and oxygen atoms in total. The number of phenols is 1. The molecular formula is C28H27BrN2O4. The third kappa shape index (κ3) is 5.57. The summed E-state index contributed by atoms with van der Waals surface area (Å²) in [6, 6.07) is 14.7.